The number of carbonyl (C=O) groups is 1. The number of carbonyl (C=O) groups excluding carboxylic acids is 1. The van der Waals surface area contributed by atoms with E-state index in [9.17, 15) is 4.79 Å². The van der Waals surface area contributed by atoms with Crippen LogP contribution >= 0.6 is 38.9 Å². The summed E-state index contributed by atoms with van der Waals surface area (Å²) in [6.07, 6.45) is 8.43. The molecule has 0 radical (unpaired) electrons. The molecule has 194 valence electrons. The van der Waals surface area contributed by atoms with E-state index in [4.69, 9.17) is 21.3 Å². The second-order valence-corrected chi connectivity index (χ2v) is 11.6. The molecule has 1 aromatic heterocycles. The molecule has 5 rings (SSSR count). The van der Waals surface area contributed by atoms with Gasteiger partial charge in [-0.2, -0.15) is 0 Å². The van der Waals surface area contributed by atoms with Gasteiger partial charge in [0.05, 0.1) is 10.0 Å². The number of nitrogens with zero attached hydrogens (tertiary/aromatic N) is 1. The fraction of sp³-hybridized carbons (Fsp3) is 0.226. The molecule has 7 heteroatoms. The molecule has 38 heavy (non-hydrogen) atoms. The number of nitrogens with one attached hydrogen (secondary N) is 1. The summed E-state index contributed by atoms with van der Waals surface area (Å²) < 4.78 is 6.81. The molecule has 4 aromatic rings. The van der Waals surface area contributed by atoms with E-state index in [0.717, 1.165) is 57.7 Å². The van der Waals surface area contributed by atoms with Gasteiger partial charge in [-0.3, -0.25) is 4.79 Å². The highest BCUT2D eigenvalue weighted by Gasteiger charge is 2.24. The first-order valence-electron chi connectivity index (χ1n) is 12.8. The molecule has 1 heterocycles. The number of halogens is 2. The zero-order chi connectivity index (χ0) is 26.3. The van der Waals surface area contributed by atoms with Crippen molar-refractivity contribution >= 4 is 61.7 Å². The minimum absolute atomic E-state index is 0.0917. The van der Waals surface area contributed by atoms with E-state index in [-0.39, 0.29) is 5.91 Å². The van der Waals surface area contributed by atoms with Crippen molar-refractivity contribution in [2.24, 2.45) is 4.99 Å². The van der Waals surface area contributed by atoms with Crippen LogP contribution in [0.5, 0.6) is 5.75 Å². The lowest BCUT2D eigenvalue weighted by Crippen LogP contribution is -2.14. The van der Waals surface area contributed by atoms with Crippen molar-refractivity contribution in [3.05, 3.63) is 109 Å². The number of para-hydroxylation sites is 1. The van der Waals surface area contributed by atoms with Gasteiger partial charge < -0.3 is 10.1 Å². The van der Waals surface area contributed by atoms with Crippen molar-refractivity contribution in [1.29, 1.82) is 0 Å². The van der Waals surface area contributed by atoms with E-state index in [0.29, 0.717) is 17.2 Å². The highest BCUT2D eigenvalue weighted by Crippen LogP contribution is 2.39. The monoisotopic (exact) mass is 606 g/mol. The lowest BCUT2D eigenvalue weighted by molar-refractivity contribution is 0.102. The fourth-order valence-corrected chi connectivity index (χ4v) is 6.50. The van der Waals surface area contributed by atoms with Crippen LogP contribution in [0.15, 0.2) is 82.3 Å². The van der Waals surface area contributed by atoms with E-state index in [1.807, 2.05) is 79.0 Å². The topological polar surface area (TPSA) is 50.7 Å². The van der Waals surface area contributed by atoms with E-state index in [1.54, 1.807) is 11.3 Å². The van der Waals surface area contributed by atoms with E-state index in [2.05, 4.69) is 21.2 Å². The number of benzene rings is 3. The zero-order valence-electron chi connectivity index (χ0n) is 20.9. The van der Waals surface area contributed by atoms with Crippen molar-refractivity contribution in [2.75, 3.05) is 5.32 Å². The van der Waals surface area contributed by atoms with Crippen LogP contribution in [-0.4, -0.2) is 12.1 Å². The molecule has 1 aliphatic rings. The Balaban J connectivity index is 1.38. The minimum Gasteiger partial charge on any atom is -0.488 e. The predicted molar refractivity (Wildman–Crippen MR) is 162 cm³/mol. The maximum Gasteiger partial charge on any atom is 0.259 e. The number of fused-ring (bicyclic) bond motifs is 1. The zero-order valence-corrected chi connectivity index (χ0v) is 24.0. The summed E-state index contributed by atoms with van der Waals surface area (Å²) in [6, 6.07) is 23.1. The number of hydrogen-bond donors (Lipinski definition) is 1. The van der Waals surface area contributed by atoms with Crippen LogP contribution in [-0.2, 0) is 19.4 Å². The first-order valence-corrected chi connectivity index (χ1v) is 14.8. The third-order valence-corrected chi connectivity index (χ3v) is 8.73. The normalized spacial score (nSPS) is 13.5. The van der Waals surface area contributed by atoms with Gasteiger partial charge in [0.1, 0.15) is 17.4 Å². The predicted octanol–water partition coefficient (Wildman–Crippen LogP) is 9.40. The minimum atomic E-state index is -0.0917. The quantitative estimate of drug-likeness (QED) is 0.213. The van der Waals surface area contributed by atoms with Crippen LogP contribution in [0.3, 0.4) is 0 Å². The van der Waals surface area contributed by atoms with Crippen molar-refractivity contribution in [3.63, 3.8) is 0 Å². The van der Waals surface area contributed by atoms with Gasteiger partial charge in [0.15, 0.2) is 0 Å². The lowest BCUT2D eigenvalue weighted by Gasteiger charge is -2.12. The van der Waals surface area contributed by atoms with Gasteiger partial charge >= 0.3 is 0 Å². The molecule has 0 saturated carbocycles. The molecule has 0 unspecified atom stereocenters. The highest BCUT2D eigenvalue weighted by atomic mass is 79.9. The van der Waals surface area contributed by atoms with Crippen LogP contribution in [0.4, 0.5) is 10.7 Å². The summed E-state index contributed by atoms with van der Waals surface area (Å²) in [6.45, 7) is 0.381. The number of aliphatic imine (C=N–C) groups is 1. The molecule has 1 aliphatic carbocycles. The van der Waals surface area contributed by atoms with Gasteiger partial charge in [0.25, 0.3) is 5.91 Å². The second-order valence-electron chi connectivity index (χ2n) is 9.25. The highest BCUT2D eigenvalue weighted by molar-refractivity contribution is 9.10. The standard InChI is InChI=1S/C31H28BrClN2O2S/c32-25-18-21(16-17-27(25)37-20-22-10-8-9-14-26(22)33)19-34-31-29(30(36)35-23-11-4-3-5-12-23)24-13-6-1-2-7-15-28(24)38-31/h3-5,8-12,14,16-19H,1-2,6-7,13,15,20H2,(H,35,36). The Morgan fingerprint density at radius 1 is 1.00 bits per heavy atom. The van der Waals surface area contributed by atoms with Crippen LogP contribution in [0, 0.1) is 0 Å². The summed E-state index contributed by atoms with van der Waals surface area (Å²) in [7, 11) is 0. The average Bonchev–Trinajstić information content (AvgIpc) is 3.24. The smallest absolute Gasteiger partial charge is 0.259 e. The van der Waals surface area contributed by atoms with Gasteiger partial charge in [-0.25, -0.2) is 4.99 Å². The third kappa shape index (κ3) is 6.55. The Bertz CT molecular complexity index is 1450. The largest absolute Gasteiger partial charge is 0.488 e. The van der Waals surface area contributed by atoms with E-state index in [1.165, 1.54) is 23.3 Å². The van der Waals surface area contributed by atoms with Crippen molar-refractivity contribution in [1.82, 2.24) is 0 Å². The summed E-state index contributed by atoms with van der Waals surface area (Å²) in [4.78, 5) is 19.6. The van der Waals surface area contributed by atoms with Gasteiger partial charge in [0, 0.05) is 27.4 Å². The van der Waals surface area contributed by atoms with E-state index >= 15 is 0 Å². The Kier molecular flexibility index (Phi) is 8.94. The molecule has 0 spiro atoms. The van der Waals surface area contributed by atoms with Gasteiger partial charge in [-0.05, 0) is 89.1 Å². The first kappa shape index (κ1) is 26.7. The third-order valence-electron chi connectivity index (χ3n) is 6.54. The summed E-state index contributed by atoms with van der Waals surface area (Å²) in [5.74, 6) is 0.634. The molecule has 1 amide bonds. The molecule has 0 saturated heterocycles. The Morgan fingerprint density at radius 2 is 1.76 bits per heavy atom. The molecule has 0 atom stereocenters. The maximum absolute atomic E-state index is 13.5. The van der Waals surface area contributed by atoms with Crippen LogP contribution < -0.4 is 10.1 Å². The average molecular weight is 608 g/mol. The molecule has 1 N–H and O–H groups in total. The Hall–Kier alpha value is -2.93. The Labute approximate surface area is 240 Å². The number of anilines is 1. The number of ether oxygens (including phenoxy) is 1. The Morgan fingerprint density at radius 3 is 2.55 bits per heavy atom. The van der Waals surface area contributed by atoms with Crippen LogP contribution in [0.2, 0.25) is 5.02 Å². The summed E-state index contributed by atoms with van der Waals surface area (Å²) in [5.41, 5.74) is 4.51. The van der Waals surface area contributed by atoms with Crippen LogP contribution in [0.25, 0.3) is 0 Å². The molecular weight excluding hydrogens is 580 g/mol. The summed E-state index contributed by atoms with van der Waals surface area (Å²) in [5, 5.41) is 4.53. The SMILES string of the molecule is O=C(Nc1ccccc1)c1c(N=Cc2ccc(OCc3ccccc3Cl)c(Br)c2)sc2c1CCCCCC2. The number of aryl methyl sites for hydroxylation is 1. The number of rotatable bonds is 7. The molecule has 4 nitrogen and oxygen atoms in total. The fourth-order valence-electron chi connectivity index (χ4n) is 4.56. The molecular formula is C31H28BrClN2O2S. The first-order chi connectivity index (χ1) is 18.6. The van der Waals surface area contributed by atoms with Crippen LogP contribution in [0.1, 0.15) is 57.6 Å². The molecule has 3 aromatic carbocycles. The van der Waals surface area contributed by atoms with E-state index < -0.39 is 0 Å². The van der Waals surface area contributed by atoms with Gasteiger partial charge in [-0.15, -0.1) is 11.3 Å². The number of amides is 1. The molecule has 0 aliphatic heterocycles. The van der Waals surface area contributed by atoms with Gasteiger partial charge in [-0.1, -0.05) is 60.8 Å². The summed E-state index contributed by atoms with van der Waals surface area (Å²) >= 11 is 11.5. The van der Waals surface area contributed by atoms with Gasteiger partial charge in [0.2, 0.25) is 0 Å². The lowest BCUT2D eigenvalue weighted by atomic mass is 9.96. The molecule has 0 fully saturated rings. The second kappa shape index (κ2) is 12.7. The maximum atomic E-state index is 13.5. The van der Waals surface area contributed by atoms with Crippen molar-refractivity contribution in [3.8, 4) is 5.75 Å². The number of thiophene rings is 1. The van der Waals surface area contributed by atoms with Crippen molar-refractivity contribution in [2.45, 2.75) is 45.1 Å². The molecule has 0 bridgehead atoms. The number of hydrogen-bond acceptors (Lipinski definition) is 4. The van der Waals surface area contributed by atoms with Crippen molar-refractivity contribution < 1.29 is 9.53 Å².